The van der Waals surface area contributed by atoms with E-state index >= 15 is 0 Å². The smallest absolute Gasteiger partial charge is 0.309 e. The maximum atomic E-state index is 11.4. The fraction of sp³-hybridized carbons (Fsp3) is 0.188. The van der Waals surface area contributed by atoms with E-state index in [2.05, 4.69) is 56.3 Å². The van der Waals surface area contributed by atoms with Crippen molar-refractivity contribution in [3.63, 3.8) is 0 Å². The van der Waals surface area contributed by atoms with Gasteiger partial charge in [-0.1, -0.05) is 40.2 Å². The van der Waals surface area contributed by atoms with Crippen molar-refractivity contribution < 1.29 is 0 Å². The zero-order chi connectivity index (χ0) is 15.0. The molecule has 4 nitrogen and oxygen atoms in total. The Morgan fingerprint density at radius 3 is 2.67 bits per heavy atom. The number of nitrogens with one attached hydrogen (secondary N) is 3. The van der Waals surface area contributed by atoms with Gasteiger partial charge in [0.1, 0.15) is 0 Å². The topological polar surface area (TPSA) is 60.7 Å². The average molecular weight is 346 g/mol. The van der Waals surface area contributed by atoms with Crippen molar-refractivity contribution in [1.29, 1.82) is 0 Å². The monoisotopic (exact) mass is 345 g/mol. The predicted octanol–water partition coefficient (Wildman–Crippen LogP) is 3.24. The van der Waals surface area contributed by atoms with Crippen LogP contribution in [0.5, 0.6) is 0 Å². The van der Waals surface area contributed by atoms with Gasteiger partial charge in [0.2, 0.25) is 0 Å². The quantitative estimate of drug-likeness (QED) is 0.682. The summed E-state index contributed by atoms with van der Waals surface area (Å²) in [6.45, 7) is 2.08. The third-order valence-corrected chi connectivity index (χ3v) is 4.78. The van der Waals surface area contributed by atoms with Gasteiger partial charge in [-0.25, -0.2) is 4.79 Å². The van der Waals surface area contributed by atoms with Gasteiger partial charge in [0.05, 0.1) is 17.1 Å². The number of H-pyrrole nitrogens is 2. The summed E-state index contributed by atoms with van der Waals surface area (Å²) in [6.07, 6.45) is 0. The van der Waals surface area contributed by atoms with E-state index in [0.29, 0.717) is 0 Å². The number of hydrogen-bond acceptors (Lipinski definition) is 2. The summed E-state index contributed by atoms with van der Waals surface area (Å²) in [5.74, 6) is 0. The first-order valence-electron chi connectivity index (χ1n) is 6.74. The molecule has 3 rings (SSSR count). The first-order chi connectivity index (χ1) is 10.1. The van der Waals surface area contributed by atoms with Crippen LogP contribution < -0.4 is 11.0 Å². The van der Waals surface area contributed by atoms with Crippen molar-refractivity contribution in [2.75, 3.05) is 7.05 Å². The Morgan fingerprint density at radius 1 is 1.14 bits per heavy atom. The Morgan fingerprint density at radius 2 is 1.90 bits per heavy atom. The van der Waals surface area contributed by atoms with Crippen LogP contribution in [0.1, 0.15) is 22.7 Å². The van der Waals surface area contributed by atoms with Crippen LogP contribution in [0.25, 0.3) is 11.0 Å². The van der Waals surface area contributed by atoms with E-state index in [1.54, 1.807) is 0 Å². The summed E-state index contributed by atoms with van der Waals surface area (Å²) < 4.78 is 1.10. The van der Waals surface area contributed by atoms with E-state index in [1.165, 1.54) is 11.1 Å². The molecule has 1 aromatic heterocycles. The molecule has 21 heavy (non-hydrogen) atoms. The van der Waals surface area contributed by atoms with Crippen LogP contribution >= 0.6 is 15.9 Å². The molecule has 108 valence electrons. The van der Waals surface area contributed by atoms with Crippen LogP contribution in [0.4, 0.5) is 0 Å². The lowest BCUT2D eigenvalue weighted by atomic mass is 9.97. The van der Waals surface area contributed by atoms with Crippen LogP contribution in [0.3, 0.4) is 0 Å². The molecule has 0 saturated carbocycles. The third-order valence-electron chi connectivity index (χ3n) is 3.69. The number of halogens is 1. The zero-order valence-electron chi connectivity index (χ0n) is 11.8. The molecule has 0 radical (unpaired) electrons. The van der Waals surface area contributed by atoms with Gasteiger partial charge in [0, 0.05) is 4.47 Å². The standard InChI is InChI=1S/C16H16BrN3O/c1-9-4-3-5-11(14(9)17)15(18-2)10-6-7-12-13(8-10)20-16(21)19-12/h3-8,15,18H,1-2H3,(H2,19,20,21). The molecule has 0 bridgehead atoms. The molecule has 1 unspecified atom stereocenters. The molecule has 5 heteroatoms. The van der Waals surface area contributed by atoms with Crippen LogP contribution in [0.15, 0.2) is 45.7 Å². The van der Waals surface area contributed by atoms with E-state index in [-0.39, 0.29) is 11.7 Å². The second kappa shape index (κ2) is 5.50. The molecule has 1 heterocycles. The highest BCUT2D eigenvalue weighted by Crippen LogP contribution is 2.31. The summed E-state index contributed by atoms with van der Waals surface area (Å²) >= 11 is 3.67. The second-order valence-electron chi connectivity index (χ2n) is 5.08. The number of imidazole rings is 1. The SMILES string of the molecule is CNC(c1ccc2[nH]c(=O)[nH]c2c1)c1cccc(C)c1Br. The van der Waals surface area contributed by atoms with Crippen molar-refractivity contribution in [2.24, 2.45) is 0 Å². The maximum absolute atomic E-state index is 11.4. The number of aryl methyl sites for hydroxylation is 1. The first-order valence-corrected chi connectivity index (χ1v) is 7.53. The summed E-state index contributed by atoms with van der Waals surface area (Å²) in [4.78, 5) is 16.9. The molecule has 0 aliphatic rings. The first kappa shape index (κ1) is 14.1. The lowest BCUT2D eigenvalue weighted by Crippen LogP contribution is -2.18. The van der Waals surface area contributed by atoms with E-state index < -0.39 is 0 Å². The minimum Gasteiger partial charge on any atom is -0.309 e. The van der Waals surface area contributed by atoms with Gasteiger partial charge in [-0.15, -0.1) is 0 Å². The minimum absolute atomic E-state index is 0.0575. The number of rotatable bonds is 3. The van der Waals surface area contributed by atoms with Crippen molar-refractivity contribution >= 4 is 27.0 Å². The maximum Gasteiger partial charge on any atom is 0.323 e. The van der Waals surface area contributed by atoms with Gasteiger partial charge >= 0.3 is 5.69 Å². The molecule has 0 fully saturated rings. The van der Waals surface area contributed by atoms with Gasteiger partial charge in [-0.05, 0) is 42.8 Å². The van der Waals surface area contributed by atoms with Crippen molar-refractivity contribution in [1.82, 2.24) is 15.3 Å². The van der Waals surface area contributed by atoms with E-state index in [4.69, 9.17) is 0 Å². The van der Waals surface area contributed by atoms with Gasteiger partial charge in [0.25, 0.3) is 0 Å². The van der Waals surface area contributed by atoms with Crippen molar-refractivity contribution in [2.45, 2.75) is 13.0 Å². The Bertz CT molecular complexity index is 850. The number of hydrogen-bond donors (Lipinski definition) is 3. The van der Waals surface area contributed by atoms with Crippen LogP contribution in [-0.2, 0) is 0 Å². The predicted molar refractivity (Wildman–Crippen MR) is 88.7 cm³/mol. The van der Waals surface area contributed by atoms with E-state index in [9.17, 15) is 4.79 Å². The van der Waals surface area contributed by atoms with Crippen LogP contribution in [0, 0.1) is 6.92 Å². The molecule has 0 saturated heterocycles. The summed E-state index contributed by atoms with van der Waals surface area (Å²) in [7, 11) is 1.93. The lowest BCUT2D eigenvalue weighted by Gasteiger charge is -2.19. The highest BCUT2D eigenvalue weighted by Gasteiger charge is 2.16. The second-order valence-corrected chi connectivity index (χ2v) is 5.88. The summed E-state index contributed by atoms with van der Waals surface area (Å²) in [5.41, 5.74) is 4.94. The average Bonchev–Trinajstić information content (AvgIpc) is 2.83. The van der Waals surface area contributed by atoms with E-state index in [0.717, 1.165) is 21.1 Å². The molecule has 2 aromatic carbocycles. The normalized spacial score (nSPS) is 12.7. The highest BCUT2D eigenvalue weighted by molar-refractivity contribution is 9.10. The number of aromatic nitrogens is 2. The molecule has 0 spiro atoms. The largest absolute Gasteiger partial charge is 0.323 e. The minimum atomic E-state index is -0.181. The van der Waals surface area contributed by atoms with Gasteiger partial charge in [-0.2, -0.15) is 0 Å². The third kappa shape index (κ3) is 2.54. The number of benzene rings is 2. The summed E-state index contributed by atoms with van der Waals surface area (Å²) in [5, 5.41) is 3.34. The summed E-state index contributed by atoms with van der Waals surface area (Å²) in [6, 6.07) is 12.2. The molecule has 1 atom stereocenters. The Labute approximate surface area is 130 Å². The Hall–Kier alpha value is -1.85. The molecule has 3 aromatic rings. The van der Waals surface area contributed by atoms with Crippen LogP contribution in [-0.4, -0.2) is 17.0 Å². The number of fused-ring (bicyclic) bond motifs is 1. The number of aromatic amines is 2. The fourth-order valence-electron chi connectivity index (χ4n) is 2.62. The van der Waals surface area contributed by atoms with Crippen LogP contribution in [0.2, 0.25) is 0 Å². The molecule has 0 amide bonds. The lowest BCUT2D eigenvalue weighted by molar-refractivity contribution is 0.689. The highest BCUT2D eigenvalue weighted by atomic mass is 79.9. The molecular formula is C16H16BrN3O. The van der Waals surface area contributed by atoms with Gasteiger partial charge in [0.15, 0.2) is 0 Å². The molecule has 0 aliphatic carbocycles. The molecule has 3 N–H and O–H groups in total. The molecule has 0 aliphatic heterocycles. The fourth-order valence-corrected chi connectivity index (χ4v) is 3.12. The molecular weight excluding hydrogens is 330 g/mol. The van der Waals surface area contributed by atoms with E-state index in [1.807, 2.05) is 25.2 Å². The Balaban J connectivity index is 2.13. The van der Waals surface area contributed by atoms with Crippen molar-refractivity contribution in [3.8, 4) is 0 Å². The Kier molecular flexibility index (Phi) is 3.69. The van der Waals surface area contributed by atoms with Gasteiger partial charge < -0.3 is 15.3 Å². The zero-order valence-corrected chi connectivity index (χ0v) is 13.4. The van der Waals surface area contributed by atoms with Gasteiger partial charge in [-0.3, -0.25) is 0 Å². The van der Waals surface area contributed by atoms with Crippen molar-refractivity contribution in [3.05, 3.63) is 68.0 Å².